The number of hydrogen-bond acceptors (Lipinski definition) is 2. The van der Waals surface area contributed by atoms with Crippen molar-refractivity contribution in [2.75, 3.05) is 0 Å². The Morgan fingerprint density at radius 3 is 3.09 bits per heavy atom. The summed E-state index contributed by atoms with van der Waals surface area (Å²) in [6.45, 7) is 3.54. The van der Waals surface area contributed by atoms with Gasteiger partial charge < -0.3 is 9.52 Å². The molecule has 1 unspecified atom stereocenters. The van der Waals surface area contributed by atoms with E-state index < -0.39 is 0 Å². The van der Waals surface area contributed by atoms with Crippen molar-refractivity contribution in [2.24, 2.45) is 0 Å². The normalized spacial score (nSPS) is 12.8. The van der Waals surface area contributed by atoms with Crippen molar-refractivity contribution in [3.8, 4) is 0 Å². The van der Waals surface area contributed by atoms with Crippen LogP contribution in [0.2, 0.25) is 0 Å². The van der Waals surface area contributed by atoms with E-state index in [1.54, 1.807) is 12.3 Å². The Kier molecular flexibility index (Phi) is 2.93. The minimum Gasteiger partial charge on any atom is -0.469 e. The number of furan rings is 1. The fraction of sp³-hybridized carbons (Fsp3) is 0.333. The van der Waals surface area contributed by atoms with Gasteiger partial charge in [0, 0.05) is 6.42 Å². The molecule has 11 heavy (non-hydrogen) atoms. The van der Waals surface area contributed by atoms with E-state index in [0.29, 0.717) is 12.8 Å². The minimum atomic E-state index is -0.362. The highest BCUT2D eigenvalue weighted by Gasteiger charge is 2.04. The van der Waals surface area contributed by atoms with Crippen LogP contribution in [0, 0.1) is 0 Å². The molecule has 1 aromatic heterocycles. The minimum absolute atomic E-state index is 0.362. The first kappa shape index (κ1) is 8.08. The third kappa shape index (κ3) is 2.60. The van der Waals surface area contributed by atoms with Crippen molar-refractivity contribution in [1.29, 1.82) is 0 Å². The van der Waals surface area contributed by atoms with Crippen molar-refractivity contribution in [1.82, 2.24) is 0 Å². The van der Waals surface area contributed by atoms with E-state index in [1.807, 2.05) is 12.1 Å². The third-order valence-electron chi connectivity index (χ3n) is 1.46. The van der Waals surface area contributed by atoms with E-state index in [0.717, 1.165) is 5.76 Å². The zero-order valence-electron chi connectivity index (χ0n) is 6.36. The lowest BCUT2D eigenvalue weighted by Gasteiger charge is -2.03. The van der Waals surface area contributed by atoms with Gasteiger partial charge in [-0.05, 0) is 18.6 Å². The van der Waals surface area contributed by atoms with E-state index in [4.69, 9.17) is 4.42 Å². The van der Waals surface area contributed by atoms with Gasteiger partial charge in [-0.15, -0.1) is 6.58 Å². The monoisotopic (exact) mass is 152 g/mol. The lowest BCUT2D eigenvalue weighted by atomic mass is 10.1. The Morgan fingerprint density at radius 1 is 1.73 bits per heavy atom. The average Bonchev–Trinajstić information content (AvgIpc) is 2.40. The van der Waals surface area contributed by atoms with Crippen molar-refractivity contribution in [2.45, 2.75) is 18.9 Å². The topological polar surface area (TPSA) is 33.4 Å². The lowest BCUT2D eigenvalue weighted by Crippen LogP contribution is -2.07. The van der Waals surface area contributed by atoms with Crippen LogP contribution in [0.15, 0.2) is 35.5 Å². The fourth-order valence-electron chi connectivity index (χ4n) is 0.937. The maximum absolute atomic E-state index is 9.29. The van der Waals surface area contributed by atoms with Gasteiger partial charge in [-0.25, -0.2) is 0 Å². The highest BCUT2D eigenvalue weighted by atomic mass is 16.3. The largest absolute Gasteiger partial charge is 0.469 e. The second-order valence-electron chi connectivity index (χ2n) is 2.46. The molecule has 1 heterocycles. The Labute approximate surface area is 66.2 Å². The predicted molar refractivity (Wildman–Crippen MR) is 43.2 cm³/mol. The van der Waals surface area contributed by atoms with Gasteiger partial charge in [0.05, 0.1) is 12.4 Å². The molecule has 1 aromatic rings. The zero-order chi connectivity index (χ0) is 8.10. The first-order chi connectivity index (χ1) is 5.33. The summed E-state index contributed by atoms with van der Waals surface area (Å²) >= 11 is 0. The van der Waals surface area contributed by atoms with Gasteiger partial charge in [0.1, 0.15) is 5.76 Å². The highest BCUT2D eigenvalue weighted by molar-refractivity contribution is 4.99. The smallest absolute Gasteiger partial charge is 0.106 e. The molecule has 1 N–H and O–H groups in total. The van der Waals surface area contributed by atoms with Gasteiger partial charge in [-0.1, -0.05) is 6.08 Å². The molecular weight excluding hydrogens is 140 g/mol. The van der Waals surface area contributed by atoms with Crippen LogP contribution in [0.5, 0.6) is 0 Å². The van der Waals surface area contributed by atoms with Gasteiger partial charge in [-0.2, -0.15) is 0 Å². The summed E-state index contributed by atoms with van der Waals surface area (Å²) in [5, 5.41) is 9.29. The average molecular weight is 152 g/mol. The second kappa shape index (κ2) is 3.98. The van der Waals surface area contributed by atoms with E-state index in [1.165, 1.54) is 0 Å². The van der Waals surface area contributed by atoms with Gasteiger partial charge in [0.2, 0.25) is 0 Å². The van der Waals surface area contributed by atoms with Crippen molar-refractivity contribution in [3.05, 3.63) is 36.8 Å². The summed E-state index contributed by atoms with van der Waals surface area (Å²) in [7, 11) is 0. The molecule has 0 aromatic carbocycles. The van der Waals surface area contributed by atoms with Crippen molar-refractivity contribution < 1.29 is 9.52 Å². The number of rotatable bonds is 4. The van der Waals surface area contributed by atoms with Crippen LogP contribution in [0.25, 0.3) is 0 Å². The Morgan fingerprint density at radius 2 is 2.55 bits per heavy atom. The second-order valence-corrected chi connectivity index (χ2v) is 2.46. The van der Waals surface area contributed by atoms with Crippen LogP contribution < -0.4 is 0 Å². The zero-order valence-corrected chi connectivity index (χ0v) is 6.36. The molecule has 0 aliphatic carbocycles. The number of aliphatic hydroxyl groups excluding tert-OH is 1. The quantitative estimate of drug-likeness (QED) is 0.667. The summed E-state index contributed by atoms with van der Waals surface area (Å²) in [4.78, 5) is 0. The van der Waals surface area contributed by atoms with Crippen LogP contribution in [0.3, 0.4) is 0 Å². The third-order valence-corrected chi connectivity index (χ3v) is 1.46. The number of hydrogen-bond donors (Lipinski definition) is 1. The Hall–Kier alpha value is -1.02. The van der Waals surface area contributed by atoms with E-state index >= 15 is 0 Å². The molecule has 2 heteroatoms. The standard InChI is InChI=1S/C9H12O2/c1-2-4-8(10)7-9-5-3-6-11-9/h2-3,5-6,8,10H,1,4,7H2. The van der Waals surface area contributed by atoms with E-state index in [-0.39, 0.29) is 6.10 Å². The lowest BCUT2D eigenvalue weighted by molar-refractivity contribution is 0.171. The maximum atomic E-state index is 9.29. The summed E-state index contributed by atoms with van der Waals surface area (Å²) in [6.07, 6.45) is 4.13. The van der Waals surface area contributed by atoms with Crippen molar-refractivity contribution >= 4 is 0 Å². The Balaban J connectivity index is 2.37. The maximum Gasteiger partial charge on any atom is 0.106 e. The SMILES string of the molecule is C=CCC(O)Cc1ccco1. The molecule has 1 rings (SSSR count). The molecule has 1 atom stereocenters. The molecule has 0 radical (unpaired) electrons. The van der Waals surface area contributed by atoms with Crippen LogP contribution in [-0.2, 0) is 6.42 Å². The molecule has 0 bridgehead atoms. The van der Waals surface area contributed by atoms with Gasteiger partial charge in [0.25, 0.3) is 0 Å². The highest BCUT2D eigenvalue weighted by Crippen LogP contribution is 2.06. The molecule has 0 saturated carbocycles. The first-order valence-corrected chi connectivity index (χ1v) is 3.64. The predicted octanol–water partition coefficient (Wildman–Crippen LogP) is 1.76. The molecule has 0 saturated heterocycles. The summed E-state index contributed by atoms with van der Waals surface area (Å²) < 4.78 is 5.06. The molecule has 60 valence electrons. The molecule has 0 aliphatic heterocycles. The summed E-state index contributed by atoms with van der Waals surface area (Å²) in [6, 6.07) is 3.67. The number of aliphatic hydroxyl groups is 1. The van der Waals surface area contributed by atoms with Crippen molar-refractivity contribution in [3.63, 3.8) is 0 Å². The van der Waals surface area contributed by atoms with Crippen LogP contribution in [0.4, 0.5) is 0 Å². The van der Waals surface area contributed by atoms with E-state index in [9.17, 15) is 5.11 Å². The first-order valence-electron chi connectivity index (χ1n) is 3.64. The molecule has 0 aliphatic rings. The van der Waals surface area contributed by atoms with Gasteiger partial charge >= 0.3 is 0 Å². The molecule has 0 fully saturated rings. The van der Waals surface area contributed by atoms with Crippen LogP contribution in [-0.4, -0.2) is 11.2 Å². The van der Waals surface area contributed by atoms with Crippen LogP contribution >= 0.6 is 0 Å². The molecule has 0 spiro atoms. The summed E-state index contributed by atoms with van der Waals surface area (Å²) in [5.41, 5.74) is 0. The van der Waals surface area contributed by atoms with Gasteiger partial charge in [-0.3, -0.25) is 0 Å². The van der Waals surface area contributed by atoms with Gasteiger partial charge in [0.15, 0.2) is 0 Å². The molecule has 0 amide bonds. The van der Waals surface area contributed by atoms with E-state index in [2.05, 4.69) is 6.58 Å². The van der Waals surface area contributed by atoms with Crippen LogP contribution in [0.1, 0.15) is 12.2 Å². The fourth-order valence-corrected chi connectivity index (χ4v) is 0.937. The summed E-state index contributed by atoms with van der Waals surface area (Å²) in [5.74, 6) is 0.819. The molecule has 2 nitrogen and oxygen atoms in total. The Bertz CT molecular complexity index is 201. The molecular formula is C9H12O2.